The molecule has 0 saturated carbocycles. The molecule has 2 heteroatoms. The number of fused-ring (bicyclic) bond motifs is 2. The summed E-state index contributed by atoms with van der Waals surface area (Å²) in [4.78, 5) is 2.75. The van der Waals surface area contributed by atoms with Crippen molar-refractivity contribution in [2.24, 2.45) is 0 Å². The van der Waals surface area contributed by atoms with Gasteiger partial charge in [0, 0.05) is 9.79 Å². The molecule has 2 aromatic carbocycles. The molecule has 2 aromatic rings. The van der Waals surface area contributed by atoms with Gasteiger partial charge < -0.3 is 4.74 Å². The minimum absolute atomic E-state index is 0.601. The molecule has 1 heterocycles. The minimum atomic E-state index is -1.00. The molecule has 0 radical (unpaired) electrons. The van der Waals surface area contributed by atoms with Crippen molar-refractivity contribution in [2.45, 2.75) is 28.9 Å². The molecule has 1 aliphatic heterocycles. The number of para-hydroxylation sites is 2. The van der Waals surface area contributed by atoms with Crippen LogP contribution in [-0.4, -0.2) is 11.5 Å². The van der Waals surface area contributed by atoms with E-state index < -0.39 is 10.0 Å². The lowest BCUT2D eigenvalue weighted by Crippen LogP contribution is -2.16. The molecule has 0 aliphatic carbocycles. The molecule has 0 fully saturated rings. The lowest BCUT2D eigenvalue weighted by molar-refractivity contribution is 0.452. The van der Waals surface area contributed by atoms with Gasteiger partial charge in [-0.1, -0.05) is 38.1 Å². The van der Waals surface area contributed by atoms with Crippen LogP contribution in [0, 0.1) is 0 Å². The third-order valence-electron chi connectivity index (χ3n) is 3.77. The highest BCUT2D eigenvalue weighted by Gasteiger charge is 2.35. The van der Waals surface area contributed by atoms with E-state index in [0.29, 0.717) is 5.25 Å². The highest BCUT2D eigenvalue weighted by atomic mass is 32.3. The first-order valence-corrected chi connectivity index (χ1v) is 8.37. The van der Waals surface area contributed by atoms with Gasteiger partial charge in [0.25, 0.3) is 0 Å². The Hall–Kier alpha value is -1.41. The van der Waals surface area contributed by atoms with Gasteiger partial charge in [-0.15, -0.1) is 0 Å². The van der Waals surface area contributed by atoms with Crippen LogP contribution >= 0.6 is 10.0 Å². The van der Waals surface area contributed by atoms with Gasteiger partial charge in [0.05, 0.1) is 0 Å². The summed E-state index contributed by atoms with van der Waals surface area (Å²) in [5.41, 5.74) is 0. The molecule has 0 unspecified atom stereocenters. The minimum Gasteiger partial charge on any atom is -0.455 e. The van der Waals surface area contributed by atoms with Crippen LogP contribution in [0.25, 0.3) is 0 Å². The van der Waals surface area contributed by atoms with E-state index in [0.717, 1.165) is 11.5 Å². The summed E-state index contributed by atoms with van der Waals surface area (Å²) in [6.07, 6.45) is 2.40. The van der Waals surface area contributed by atoms with E-state index in [9.17, 15) is 0 Å². The fourth-order valence-corrected chi connectivity index (χ4v) is 5.54. The lowest BCUT2D eigenvalue weighted by Gasteiger charge is -2.45. The molecule has 3 rings (SSSR count). The van der Waals surface area contributed by atoms with Gasteiger partial charge >= 0.3 is 0 Å². The van der Waals surface area contributed by atoms with E-state index in [1.165, 1.54) is 9.79 Å². The van der Waals surface area contributed by atoms with Gasteiger partial charge in [-0.2, -0.15) is 10.0 Å². The molecule has 0 saturated heterocycles. The van der Waals surface area contributed by atoms with Crippen molar-refractivity contribution in [1.29, 1.82) is 0 Å². The molecular formula is C16H18OS. The van der Waals surface area contributed by atoms with Crippen LogP contribution in [0.1, 0.15) is 13.8 Å². The maximum atomic E-state index is 6.04. The van der Waals surface area contributed by atoms with Crippen molar-refractivity contribution in [2.75, 3.05) is 6.26 Å². The molecule has 0 spiro atoms. The van der Waals surface area contributed by atoms with E-state index >= 15 is 0 Å². The Morgan fingerprint density at radius 2 is 1.28 bits per heavy atom. The zero-order chi connectivity index (χ0) is 12.8. The zero-order valence-electron chi connectivity index (χ0n) is 11.0. The highest BCUT2D eigenvalue weighted by Crippen LogP contribution is 2.70. The van der Waals surface area contributed by atoms with Gasteiger partial charge in [-0.25, -0.2) is 0 Å². The summed E-state index contributed by atoms with van der Waals surface area (Å²) in [7, 11) is -1.00. The number of benzene rings is 2. The molecule has 0 aromatic heterocycles. The first-order valence-electron chi connectivity index (χ1n) is 6.27. The average molecular weight is 258 g/mol. The Bertz CT molecular complexity index is 544. The summed E-state index contributed by atoms with van der Waals surface area (Å²) in [6, 6.07) is 16.9. The van der Waals surface area contributed by atoms with Crippen LogP contribution in [0.2, 0.25) is 0 Å². The first kappa shape index (κ1) is 11.7. The zero-order valence-corrected chi connectivity index (χ0v) is 11.8. The van der Waals surface area contributed by atoms with Crippen LogP contribution in [0.4, 0.5) is 0 Å². The van der Waals surface area contributed by atoms with Gasteiger partial charge in [0.2, 0.25) is 0 Å². The summed E-state index contributed by atoms with van der Waals surface area (Å²) < 4.78 is 6.04. The summed E-state index contributed by atoms with van der Waals surface area (Å²) in [5, 5.41) is 0.601. The Labute approximate surface area is 110 Å². The van der Waals surface area contributed by atoms with E-state index in [1.807, 2.05) is 12.1 Å². The first-order chi connectivity index (χ1) is 8.64. The molecule has 0 bridgehead atoms. The number of hydrogen-bond acceptors (Lipinski definition) is 1. The van der Waals surface area contributed by atoms with Crippen molar-refractivity contribution in [3.05, 3.63) is 48.5 Å². The van der Waals surface area contributed by atoms with Crippen molar-refractivity contribution >= 4 is 10.0 Å². The molecule has 1 aliphatic rings. The second-order valence-corrected chi connectivity index (χ2v) is 8.81. The lowest BCUT2D eigenvalue weighted by atomic mass is 10.3. The van der Waals surface area contributed by atoms with Crippen LogP contribution in [0.3, 0.4) is 0 Å². The quantitative estimate of drug-likeness (QED) is 0.695. The molecular weight excluding hydrogens is 240 g/mol. The third kappa shape index (κ3) is 1.49. The fourth-order valence-electron chi connectivity index (χ4n) is 2.51. The normalized spacial score (nSPS) is 17.6. The second-order valence-electron chi connectivity index (χ2n) is 5.03. The topological polar surface area (TPSA) is 9.23 Å². The number of hydrogen-bond donors (Lipinski definition) is 0. The van der Waals surface area contributed by atoms with Gasteiger partial charge in [-0.3, -0.25) is 0 Å². The fraction of sp³-hybridized carbons (Fsp3) is 0.250. The molecule has 18 heavy (non-hydrogen) atoms. The Morgan fingerprint density at radius 3 is 1.72 bits per heavy atom. The molecule has 1 nitrogen and oxygen atoms in total. The maximum absolute atomic E-state index is 6.04. The van der Waals surface area contributed by atoms with Crippen molar-refractivity contribution in [3.63, 3.8) is 0 Å². The molecule has 0 amide bonds. The molecule has 94 valence electrons. The van der Waals surface area contributed by atoms with Gasteiger partial charge in [-0.05, 0) is 35.8 Å². The summed E-state index contributed by atoms with van der Waals surface area (Å²) in [6.45, 7) is 4.63. The monoisotopic (exact) mass is 258 g/mol. The maximum Gasteiger partial charge on any atom is 0.139 e. The third-order valence-corrected chi connectivity index (χ3v) is 8.16. The molecule has 0 atom stereocenters. The Kier molecular flexibility index (Phi) is 2.63. The highest BCUT2D eigenvalue weighted by molar-refractivity contribution is 8.33. The summed E-state index contributed by atoms with van der Waals surface area (Å²) >= 11 is 0. The van der Waals surface area contributed by atoms with Crippen molar-refractivity contribution in [1.82, 2.24) is 0 Å². The van der Waals surface area contributed by atoms with Crippen LogP contribution in [0.5, 0.6) is 11.5 Å². The predicted molar refractivity (Wildman–Crippen MR) is 78.1 cm³/mol. The average Bonchev–Trinajstić information content (AvgIpc) is 2.39. The van der Waals surface area contributed by atoms with Gasteiger partial charge in [0.15, 0.2) is 0 Å². The van der Waals surface area contributed by atoms with Crippen LogP contribution in [-0.2, 0) is 0 Å². The van der Waals surface area contributed by atoms with Crippen LogP contribution < -0.4 is 4.74 Å². The van der Waals surface area contributed by atoms with E-state index in [1.54, 1.807) is 0 Å². The van der Waals surface area contributed by atoms with Gasteiger partial charge in [0.1, 0.15) is 11.5 Å². The van der Waals surface area contributed by atoms with E-state index in [2.05, 4.69) is 56.5 Å². The van der Waals surface area contributed by atoms with E-state index in [4.69, 9.17) is 4.74 Å². The van der Waals surface area contributed by atoms with Crippen molar-refractivity contribution < 1.29 is 4.74 Å². The Morgan fingerprint density at radius 1 is 0.833 bits per heavy atom. The van der Waals surface area contributed by atoms with Crippen molar-refractivity contribution in [3.8, 4) is 11.5 Å². The SMILES string of the molecule is CC(C)S1(C)c2ccccc2Oc2ccccc21. The van der Waals surface area contributed by atoms with Crippen LogP contribution in [0.15, 0.2) is 58.3 Å². The standard InChI is InChI=1S/C16H18OS/c1-12(2)18(3)15-10-6-4-8-13(15)17-14-9-5-7-11-16(14)18/h4-12H,1-3H3. The number of rotatable bonds is 1. The smallest absolute Gasteiger partial charge is 0.139 e. The predicted octanol–water partition coefficient (Wildman–Crippen LogP) is 5.05. The van der Waals surface area contributed by atoms with E-state index in [-0.39, 0.29) is 0 Å². The largest absolute Gasteiger partial charge is 0.455 e. The summed E-state index contributed by atoms with van der Waals surface area (Å²) in [5.74, 6) is 2.06. The molecule has 0 N–H and O–H groups in total. The Balaban J connectivity index is 2.31. The number of ether oxygens (including phenoxy) is 1. The second kappa shape index (κ2) is 4.06.